The number of nitrogens with one attached hydrogen (secondary N) is 1. The Morgan fingerprint density at radius 2 is 1.70 bits per heavy atom. The van der Waals surface area contributed by atoms with Gasteiger partial charge in [0.2, 0.25) is 17.7 Å². The molecule has 27 heavy (non-hydrogen) atoms. The molecule has 0 spiro atoms. The maximum absolute atomic E-state index is 12.9. The highest BCUT2D eigenvalue weighted by Crippen LogP contribution is 2.65. The maximum atomic E-state index is 12.9. The minimum atomic E-state index is -0.182. The summed E-state index contributed by atoms with van der Waals surface area (Å²) in [6, 6.07) is 5.86. The summed E-state index contributed by atoms with van der Waals surface area (Å²) in [6.07, 6.45) is 5.64. The van der Waals surface area contributed by atoms with Gasteiger partial charge in [-0.15, -0.1) is 0 Å². The van der Waals surface area contributed by atoms with Crippen LogP contribution in [0, 0.1) is 49.4 Å². The van der Waals surface area contributed by atoms with E-state index in [1.54, 1.807) is 0 Å². The van der Waals surface area contributed by atoms with Crippen LogP contribution in [-0.4, -0.2) is 29.2 Å². The second-order valence-electron chi connectivity index (χ2n) is 8.60. The third kappa shape index (κ3) is 2.47. The van der Waals surface area contributed by atoms with Crippen LogP contribution in [0.5, 0.6) is 0 Å². The molecule has 6 atom stereocenters. The van der Waals surface area contributed by atoms with E-state index in [1.165, 1.54) is 4.90 Å². The zero-order valence-electron chi connectivity index (χ0n) is 15.6. The van der Waals surface area contributed by atoms with Crippen molar-refractivity contribution >= 4 is 23.4 Å². The molecule has 2 bridgehead atoms. The number of carbonyl (C=O) groups is 3. The van der Waals surface area contributed by atoms with Crippen molar-refractivity contribution in [2.75, 3.05) is 11.9 Å². The summed E-state index contributed by atoms with van der Waals surface area (Å²) >= 11 is 0. The predicted molar refractivity (Wildman–Crippen MR) is 101 cm³/mol. The van der Waals surface area contributed by atoms with Crippen LogP contribution < -0.4 is 5.32 Å². The monoisotopic (exact) mass is 364 g/mol. The number of allylic oxidation sites excluding steroid dienone is 2. The quantitative estimate of drug-likeness (QED) is 0.660. The standard InChI is InChI=1S/C22H24N2O3/c1-11-3-6-17(12(2)9-11)23-18(25)7-8-24-21(26)19-13-4-5-14(16-10-15(13)16)20(19)22(24)27/h3-6,9,13-16,19-20H,7-8,10H2,1-2H3,(H,23,25)/t13-,14-,15-,16-,19-,20+/m0/s1. The first-order valence-corrected chi connectivity index (χ1v) is 9.86. The molecule has 140 valence electrons. The predicted octanol–water partition coefficient (Wildman–Crippen LogP) is 2.69. The van der Waals surface area contributed by atoms with Crippen molar-refractivity contribution < 1.29 is 14.4 Å². The van der Waals surface area contributed by atoms with Gasteiger partial charge in [0.25, 0.3) is 0 Å². The number of benzene rings is 1. The van der Waals surface area contributed by atoms with Crippen LogP contribution >= 0.6 is 0 Å². The fourth-order valence-electron chi connectivity index (χ4n) is 5.62. The maximum Gasteiger partial charge on any atom is 0.233 e. The van der Waals surface area contributed by atoms with Gasteiger partial charge in [-0.05, 0) is 55.6 Å². The van der Waals surface area contributed by atoms with Crippen molar-refractivity contribution in [1.29, 1.82) is 0 Å². The first-order valence-electron chi connectivity index (χ1n) is 9.86. The van der Waals surface area contributed by atoms with E-state index in [-0.39, 0.29) is 54.4 Å². The van der Waals surface area contributed by atoms with E-state index in [4.69, 9.17) is 0 Å². The van der Waals surface area contributed by atoms with Gasteiger partial charge >= 0.3 is 0 Å². The lowest BCUT2D eigenvalue weighted by molar-refractivity contribution is -0.140. The van der Waals surface area contributed by atoms with Crippen LogP contribution in [0.15, 0.2) is 30.4 Å². The van der Waals surface area contributed by atoms with E-state index in [1.807, 2.05) is 32.0 Å². The number of hydrogen-bond donors (Lipinski definition) is 1. The number of anilines is 1. The molecule has 5 heteroatoms. The van der Waals surface area contributed by atoms with Gasteiger partial charge in [-0.3, -0.25) is 19.3 Å². The fraction of sp³-hybridized carbons (Fsp3) is 0.500. The first-order chi connectivity index (χ1) is 13.0. The van der Waals surface area contributed by atoms with Crippen LogP contribution in [0.4, 0.5) is 5.69 Å². The molecule has 1 N–H and O–H groups in total. The van der Waals surface area contributed by atoms with E-state index < -0.39 is 0 Å². The summed E-state index contributed by atoms with van der Waals surface area (Å²) in [5.41, 5.74) is 2.92. The van der Waals surface area contributed by atoms with Gasteiger partial charge in [-0.25, -0.2) is 0 Å². The highest BCUT2D eigenvalue weighted by Gasteiger charge is 2.66. The highest BCUT2D eigenvalue weighted by molar-refractivity contribution is 6.06. The summed E-state index contributed by atoms with van der Waals surface area (Å²) in [5.74, 6) is 1.02. The fourth-order valence-corrected chi connectivity index (χ4v) is 5.62. The largest absolute Gasteiger partial charge is 0.326 e. The number of nitrogens with zero attached hydrogens (tertiary/aromatic N) is 1. The third-order valence-electron chi connectivity index (χ3n) is 6.97. The summed E-state index contributed by atoms with van der Waals surface area (Å²) < 4.78 is 0. The van der Waals surface area contributed by atoms with E-state index >= 15 is 0 Å². The summed E-state index contributed by atoms with van der Waals surface area (Å²) in [5, 5.41) is 2.90. The number of rotatable bonds is 4. The minimum Gasteiger partial charge on any atom is -0.326 e. The molecule has 1 aromatic rings. The third-order valence-corrected chi connectivity index (χ3v) is 6.97. The van der Waals surface area contributed by atoms with Gasteiger partial charge in [0.1, 0.15) is 0 Å². The van der Waals surface area contributed by atoms with E-state index in [9.17, 15) is 14.4 Å². The number of carbonyl (C=O) groups excluding carboxylic acids is 3. The lowest BCUT2D eigenvalue weighted by Crippen LogP contribution is -2.40. The molecule has 1 saturated heterocycles. The zero-order valence-corrected chi connectivity index (χ0v) is 15.6. The summed E-state index contributed by atoms with van der Waals surface area (Å²) in [7, 11) is 0. The molecule has 6 rings (SSSR count). The number of imide groups is 1. The van der Waals surface area contributed by atoms with E-state index in [0.29, 0.717) is 11.8 Å². The molecule has 5 aliphatic rings. The number of aryl methyl sites for hydroxylation is 2. The lowest BCUT2D eigenvalue weighted by Gasteiger charge is -2.37. The van der Waals surface area contributed by atoms with Gasteiger partial charge in [0, 0.05) is 18.7 Å². The van der Waals surface area contributed by atoms with Gasteiger partial charge in [-0.1, -0.05) is 29.8 Å². The van der Waals surface area contributed by atoms with Crippen molar-refractivity contribution in [1.82, 2.24) is 4.90 Å². The lowest BCUT2D eigenvalue weighted by atomic mass is 9.63. The molecule has 4 aliphatic carbocycles. The molecule has 5 nitrogen and oxygen atoms in total. The molecule has 3 amide bonds. The van der Waals surface area contributed by atoms with Crippen LogP contribution in [0.1, 0.15) is 24.0 Å². The van der Waals surface area contributed by atoms with Gasteiger partial charge in [0.15, 0.2) is 0 Å². The number of likely N-dealkylation sites (tertiary alicyclic amines) is 1. The smallest absolute Gasteiger partial charge is 0.233 e. The average Bonchev–Trinajstić information content (AvgIpc) is 3.41. The Morgan fingerprint density at radius 1 is 1.07 bits per heavy atom. The molecule has 3 fully saturated rings. The van der Waals surface area contributed by atoms with Crippen molar-refractivity contribution in [3.05, 3.63) is 41.5 Å². The minimum absolute atomic E-state index is 0.0611. The highest BCUT2D eigenvalue weighted by atomic mass is 16.2. The van der Waals surface area contributed by atoms with Gasteiger partial charge in [0.05, 0.1) is 11.8 Å². The van der Waals surface area contributed by atoms with Crippen molar-refractivity contribution in [3.8, 4) is 0 Å². The van der Waals surface area contributed by atoms with Crippen molar-refractivity contribution in [2.45, 2.75) is 26.7 Å². The SMILES string of the molecule is Cc1ccc(NC(=O)CCN2C(=O)[C@@H]3[C@H]4C=C[C@@H]([C@@H]5C[C@@H]45)[C@@H]3C2=O)c(C)c1. The normalized spacial score (nSPS) is 35.3. The Kier molecular flexibility index (Phi) is 3.58. The molecular weight excluding hydrogens is 340 g/mol. The number of hydrogen-bond acceptors (Lipinski definition) is 3. The van der Waals surface area contributed by atoms with E-state index in [2.05, 4.69) is 17.5 Å². The summed E-state index contributed by atoms with van der Waals surface area (Å²) in [6.45, 7) is 4.14. The topological polar surface area (TPSA) is 66.5 Å². The van der Waals surface area contributed by atoms with Crippen molar-refractivity contribution in [2.24, 2.45) is 35.5 Å². The first kappa shape index (κ1) is 16.7. The zero-order chi connectivity index (χ0) is 18.9. The van der Waals surface area contributed by atoms with Crippen molar-refractivity contribution in [3.63, 3.8) is 0 Å². The van der Waals surface area contributed by atoms with Crippen LogP contribution in [0.25, 0.3) is 0 Å². The summed E-state index contributed by atoms with van der Waals surface area (Å²) in [4.78, 5) is 39.5. The van der Waals surface area contributed by atoms with Gasteiger partial charge < -0.3 is 5.32 Å². The van der Waals surface area contributed by atoms with E-state index in [0.717, 1.165) is 23.2 Å². The molecule has 0 unspecified atom stereocenters. The van der Waals surface area contributed by atoms with Crippen LogP contribution in [0.2, 0.25) is 0 Å². The Hall–Kier alpha value is -2.43. The molecule has 1 aliphatic heterocycles. The molecular formula is C22H24N2O3. The molecule has 2 saturated carbocycles. The van der Waals surface area contributed by atoms with Gasteiger partial charge in [-0.2, -0.15) is 0 Å². The molecule has 0 aromatic heterocycles. The Morgan fingerprint density at radius 3 is 2.30 bits per heavy atom. The number of amides is 3. The molecule has 0 radical (unpaired) electrons. The Balaban J connectivity index is 1.25. The van der Waals surface area contributed by atoms with Crippen LogP contribution in [-0.2, 0) is 14.4 Å². The average molecular weight is 364 g/mol. The molecule has 1 aromatic carbocycles. The van der Waals surface area contributed by atoms with Crippen LogP contribution in [0.3, 0.4) is 0 Å². The second kappa shape index (κ2) is 5.78. The second-order valence-corrected chi connectivity index (χ2v) is 8.60. The Labute approximate surface area is 158 Å². The Bertz CT molecular complexity index is 854. The molecule has 1 heterocycles.